The molecule has 0 atom stereocenters. The van der Waals surface area contributed by atoms with E-state index < -0.39 is 4.92 Å². The SMILES string of the molecule is CC(=O)Nc1ccc(C=Cc2ccc3cccc([N+](=O)[O-])c3n2)cc1. The molecule has 0 bridgehead atoms. The van der Waals surface area contributed by atoms with Crippen LogP contribution in [0, 0.1) is 10.1 Å². The number of carbonyl (C=O) groups is 1. The summed E-state index contributed by atoms with van der Waals surface area (Å²) in [5.74, 6) is -0.120. The lowest BCUT2D eigenvalue weighted by Gasteiger charge is -2.02. The average molecular weight is 333 g/mol. The Labute approximate surface area is 144 Å². The van der Waals surface area contributed by atoms with E-state index >= 15 is 0 Å². The number of anilines is 1. The van der Waals surface area contributed by atoms with Gasteiger partial charge in [0.05, 0.1) is 10.6 Å². The number of hydrogen-bond acceptors (Lipinski definition) is 4. The summed E-state index contributed by atoms with van der Waals surface area (Å²) < 4.78 is 0. The normalized spacial score (nSPS) is 10.9. The van der Waals surface area contributed by atoms with Crippen molar-refractivity contribution in [1.29, 1.82) is 0 Å². The van der Waals surface area contributed by atoms with E-state index in [1.165, 1.54) is 13.0 Å². The van der Waals surface area contributed by atoms with Gasteiger partial charge in [-0.25, -0.2) is 4.98 Å². The first kappa shape index (κ1) is 16.3. The molecular weight excluding hydrogens is 318 g/mol. The van der Waals surface area contributed by atoms with Crippen LogP contribution in [0.3, 0.4) is 0 Å². The van der Waals surface area contributed by atoms with Gasteiger partial charge in [0.25, 0.3) is 5.69 Å². The van der Waals surface area contributed by atoms with E-state index in [1.54, 1.807) is 30.3 Å². The lowest BCUT2D eigenvalue weighted by atomic mass is 10.1. The van der Waals surface area contributed by atoms with Gasteiger partial charge in [0.2, 0.25) is 5.91 Å². The van der Waals surface area contributed by atoms with E-state index in [0.717, 1.165) is 16.6 Å². The van der Waals surface area contributed by atoms with Crippen LogP contribution in [-0.2, 0) is 4.79 Å². The van der Waals surface area contributed by atoms with Gasteiger partial charge < -0.3 is 5.32 Å². The highest BCUT2D eigenvalue weighted by atomic mass is 16.6. The van der Waals surface area contributed by atoms with Crippen LogP contribution in [0.5, 0.6) is 0 Å². The highest BCUT2D eigenvalue weighted by Gasteiger charge is 2.12. The molecule has 0 aliphatic heterocycles. The maximum absolute atomic E-state index is 11.1. The number of fused-ring (bicyclic) bond motifs is 1. The van der Waals surface area contributed by atoms with Gasteiger partial charge in [-0.1, -0.05) is 36.4 Å². The summed E-state index contributed by atoms with van der Waals surface area (Å²) in [4.78, 5) is 26.1. The quantitative estimate of drug-likeness (QED) is 0.570. The fourth-order valence-electron chi connectivity index (χ4n) is 2.45. The van der Waals surface area contributed by atoms with E-state index in [1.807, 2.05) is 30.3 Å². The lowest BCUT2D eigenvalue weighted by molar-refractivity contribution is -0.383. The molecule has 1 heterocycles. The summed E-state index contributed by atoms with van der Waals surface area (Å²) in [5, 5.41) is 14.6. The van der Waals surface area contributed by atoms with Crippen LogP contribution in [0.25, 0.3) is 23.1 Å². The van der Waals surface area contributed by atoms with Gasteiger partial charge in [-0.2, -0.15) is 0 Å². The molecule has 3 aromatic rings. The van der Waals surface area contributed by atoms with Crippen LogP contribution >= 0.6 is 0 Å². The molecular formula is C19H15N3O3. The number of aromatic nitrogens is 1. The molecule has 0 saturated heterocycles. The molecule has 0 radical (unpaired) electrons. The number of pyridine rings is 1. The van der Waals surface area contributed by atoms with Gasteiger partial charge in [0.15, 0.2) is 0 Å². The van der Waals surface area contributed by atoms with Crippen LogP contribution in [0.4, 0.5) is 11.4 Å². The molecule has 3 rings (SSSR count). The first-order valence-corrected chi connectivity index (χ1v) is 7.63. The number of rotatable bonds is 4. The maximum atomic E-state index is 11.1. The zero-order chi connectivity index (χ0) is 17.8. The highest BCUT2D eigenvalue weighted by molar-refractivity contribution is 5.89. The van der Waals surface area contributed by atoms with Crippen molar-refractivity contribution < 1.29 is 9.72 Å². The summed E-state index contributed by atoms with van der Waals surface area (Å²) in [6.45, 7) is 1.46. The zero-order valence-electron chi connectivity index (χ0n) is 13.5. The number of benzene rings is 2. The molecule has 0 saturated carbocycles. The van der Waals surface area contributed by atoms with Crippen LogP contribution in [0.1, 0.15) is 18.2 Å². The molecule has 0 aliphatic rings. The van der Waals surface area contributed by atoms with E-state index in [0.29, 0.717) is 11.2 Å². The predicted molar refractivity (Wildman–Crippen MR) is 98.1 cm³/mol. The third-order valence-electron chi connectivity index (χ3n) is 3.59. The molecule has 1 amide bonds. The Morgan fingerprint density at radius 1 is 1.08 bits per heavy atom. The largest absolute Gasteiger partial charge is 0.326 e. The van der Waals surface area contributed by atoms with Crippen molar-refractivity contribution in [3.8, 4) is 0 Å². The molecule has 0 unspecified atom stereocenters. The molecule has 6 heteroatoms. The number of non-ortho nitro benzene ring substituents is 1. The first-order valence-electron chi connectivity index (χ1n) is 7.63. The number of nitrogens with one attached hydrogen (secondary N) is 1. The fraction of sp³-hybridized carbons (Fsp3) is 0.0526. The number of nitrogens with zero attached hydrogens (tertiary/aromatic N) is 2. The summed E-state index contributed by atoms with van der Waals surface area (Å²) >= 11 is 0. The number of carbonyl (C=O) groups excluding carboxylic acids is 1. The second kappa shape index (κ2) is 6.92. The van der Waals surface area contributed by atoms with Crippen LogP contribution in [-0.4, -0.2) is 15.8 Å². The van der Waals surface area contributed by atoms with Crippen LogP contribution < -0.4 is 5.32 Å². The third kappa shape index (κ3) is 3.87. The Morgan fingerprint density at radius 3 is 2.52 bits per heavy atom. The molecule has 6 nitrogen and oxygen atoms in total. The van der Waals surface area contributed by atoms with Crippen molar-refractivity contribution in [3.63, 3.8) is 0 Å². The minimum atomic E-state index is -0.427. The van der Waals surface area contributed by atoms with E-state index in [9.17, 15) is 14.9 Å². The monoisotopic (exact) mass is 333 g/mol. The second-order valence-electron chi connectivity index (χ2n) is 5.48. The van der Waals surface area contributed by atoms with Crippen molar-refractivity contribution in [1.82, 2.24) is 4.98 Å². The number of nitro benzene ring substituents is 1. The van der Waals surface area contributed by atoms with Crippen LogP contribution in [0.15, 0.2) is 54.6 Å². The van der Waals surface area contributed by atoms with Crippen molar-refractivity contribution in [3.05, 3.63) is 76.0 Å². The van der Waals surface area contributed by atoms with Gasteiger partial charge >= 0.3 is 0 Å². The Morgan fingerprint density at radius 2 is 1.84 bits per heavy atom. The molecule has 1 aromatic heterocycles. The lowest BCUT2D eigenvalue weighted by Crippen LogP contribution is -2.05. The average Bonchev–Trinajstić information content (AvgIpc) is 2.60. The summed E-state index contributed by atoms with van der Waals surface area (Å²) in [7, 11) is 0. The van der Waals surface area contributed by atoms with E-state index in [-0.39, 0.29) is 11.6 Å². The van der Waals surface area contributed by atoms with Crippen molar-refractivity contribution in [2.24, 2.45) is 0 Å². The number of para-hydroxylation sites is 1. The smallest absolute Gasteiger partial charge is 0.295 e. The molecule has 0 fully saturated rings. The Balaban J connectivity index is 1.87. The van der Waals surface area contributed by atoms with E-state index in [2.05, 4.69) is 10.3 Å². The highest BCUT2D eigenvalue weighted by Crippen LogP contribution is 2.24. The summed E-state index contributed by atoms with van der Waals surface area (Å²) in [6.07, 6.45) is 3.66. The van der Waals surface area contributed by atoms with Gasteiger partial charge in [0.1, 0.15) is 5.52 Å². The molecule has 0 aliphatic carbocycles. The third-order valence-corrected chi connectivity index (χ3v) is 3.59. The Kier molecular flexibility index (Phi) is 4.52. The minimum absolute atomic E-state index is 0.00703. The summed E-state index contributed by atoms with van der Waals surface area (Å²) in [6, 6.07) is 15.9. The van der Waals surface area contributed by atoms with Gasteiger partial charge in [-0.05, 0) is 29.8 Å². The molecule has 1 N–H and O–H groups in total. The number of nitro groups is 1. The standard InChI is InChI=1S/C19H15N3O3/c1-13(23)20-16-9-5-14(6-10-16)7-11-17-12-8-15-3-2-4-18(22(24)25)19(15)21-17/h2-12H,1H3,(H,20,23). The minimum Gasteiger partial charge on any atom is -0.326 e. The molecule has 124 valence electrons. The fourth-order valence-corrected chi connectivity index (χ4v) is 2.45. The Hall–Kier alpha value is -3.54. The first-order chi connectivity index (χ1) is 12.0. The second-order valence-corrected chi connectivity index (χ2v) is 5.48. The summed E-state index contributed by atoms with van der Waals surface area (Å²) in [5.41, 5.74) is 2.65. The van der Waals surface area contributed by atoms with E-state index in [4.69, 9.17) is 0 Å². The maximum Gasteiger partial charge on any atom is 0.295 e. The van der Waals surface area contributed by atoms with Gasteiger partial charge in [-0.3, -0.25) is 14.9 Å². The topological polar surface area (TPSA) is 85.1 Å². The van der Waals surface area contributed by atoms with Crippen molar-refractivity contribution in [2.75, 3.05) is 5.32 Å². The number of amides is 1. The van der Waals surface area contributed by atoms with Crippen molar-refractivity contribution in [2.45, 2.75) is 6.92 Å². The van der Waals surface area contributed by atoms with Gasteiger partial charge in [0, 0.05) is 24.1 Å². The molecule has 0 spiro atoms. The zero-order valence-corrected chi connectivity index (χ0v) is 13.5. The molecule has 25 heavy (non-hydrogen) atoms. The molecule has 2 aromatic carbocycles. The predicted octanol–water partition coefficient (Wildman–Crippen LogP) is 4.27. The number of hydrogen-bond donors (Lipinski definition) is 1. The van der Waals surface area contributed by atoms with Crippen molar-refractivity contribution >= 4 is 40.3 Å². The Bertz CT molecular complexity index is 979. The van der Waals surface area contributed by atoms with Crippen LogP contribution in [0.2, 0.25) is 0 Å². The van der Waals surface area contributed by atoms with Gasteiger partial charge in [-0.15, -0.1) is 0 Å².